The van der Waals surface area contributed by atoms with Gasteiger partial charge in [-0.25, -0.2) is 17.9 Å². The van der Waals surface area contributed by atoms with E-state index in [4.69, 9.17) is 4.74 Å². The third kappa shape index (κ3) is 7.14. The minimum Gasteiger partial charge on any atom is -0.449 e. The molecule has 4 rings (SSSR count). The first kappa shape index (κ1) is 28.5. The number of sulfonamides is 1. The molecule has 0 unspecified atom stereocenters. The van der Waals surface area contributed by atoms with Crippen LogP contribution in [0.3, 0.4) is 0 Å². The smallest absolute Gasteiger partial charge is 0.409 e. The standard InChI is InChI=1S/C29H36N4O5S/c1-21-9-4-5-10-23(21)28(34)30-26-13-14-27(25-12-7-6-11-24(25)26)39(36,37)31-22-15-18-33(19-16-22)29(35)38-20-8-17-32(2)3/h4-7,9-14,22,31H,8,15-20H2,1-3H3,(H,30,34). The van der Waals surface area contributed by atoms with Crippen LogP contribution in [0, 0.1) is 6.92 Å². The van der Waals surface area contributed by atoms with Gasteiger partial charge in [0.25, 0.3) is 5.91 Å². The summed E-state index contributed by atoms with van der Waals surface area (Å²) in [6.07, 6.45) is 1.39. The minimum absolute atomic E-state index is 0.148. The molecule has 208 valence electrons. The number of ether oxygens (including phenoxy) is 1. The number of carbonyl (C=O) groups is 2. The number of anilines is 1. The number of aryl methyl sites for hydroxylation is 1. The SMILES string of the molecule is Cc1ccccc1C(=O)Nc1ccc(S(=O)(=O)NC2CCN(C(=O)OCCCN(C)C)CC2)c2ccccc12. The molecular weight excluding hydrogens is 516 g/mol. The maximum absolute atomic E-state index is 13.5. The highest BCUT2D eigenvalue weighted by Crippen LogP contribution is 2.30. The third-order valence-corrected chi connectivity index (χ3v) is 8.44. The number of hydrogen-bond acceptors (Lipinski definition) is 6. The fourth-order valence-electron chi connectivity index (χ4n) is 4.73. The van der Waals surface area contributed by atoms with Crippen molar-refractivity contribution in [3.63, 3.8) is 0 Å². The molecule has 0 aliphatic carbocycles. The van der Waals surface area contributed by atoms with Crippen LogP contribution >= 0.6 is 0 Å². The van der Waals surface area contributed by atoms with E-state index in [9.17, 15) is 18.0 Å². The van der Waals surface area contributed by atoms with Crippen molar-refractivity contribution >= 4 is 38.5 Å². The highest BCUT2D eigenvalue weighted by Gasteiger charge is 2.28. The van der Waals surface area contributed by atoms with Crippen LogP contribution in [0.15, 0.2) is 65.6 Å². The lowest BCUT2D eigenvalue weighted by atomic mass is 10.1. The fraction of sp³-hybridized carbons (Fsp3) is 0.379. The molecule has 1 heterocycles. The summed E-state index contributed by atoms with van der Waals surface area (Å²) >= 11 is 0. The molecule has 1 aliphatic rings. The number of nitrogens with zero attached hydrogens (tertiary/aromatic N) is 2. The number of nitrogens with one attached hydrogen (secondary N) is 2. The maximum atomic E-state index is 13.5. The van der Waals surface area contributed by atoms with E-state index in [1.807, 2.05) is 44.1 Å². The van der Waals surface area contributed by atoms with Crippen LogP contribution < -0.4 is 10.0 Å². The fourth-order valence-corrected chi connectivity index (χ4v) is 6.24. The molecule has 0 saturated carbocycles. The first-order chi connectivity index (χ1) is 18.7. The molecule has 0 spiro atoms. The van der Waals surface area contributed by atoms with Crippen molar-refractivity contribution in [2.45, 2.75) is 37.1 Å². The second kappa shape index (κ2) is 12.6. The molecule has 0 bridgehead atoms. The molecule has 1 fully saturated rings. The number of amides is 2. The van der Waals surface area contributed by atoms with E-state index in [2.05, 4.69) is 10.0 Å². The lowest BCUT2D eigenvalue weighted by Crippen LogP contribution is -2.46. The van der Waals surface area contributed by atoms with Gasteiger partial charge < -0.3 is 19.9 Å². The maximum Gasteiger partial charge on any atom is 0.409 e. The average Bonchev–Trinajstić information content (AvgIpc) is 2.91. The van der Waals surface area contributed by atoms with Gasteiger partial charge in [0.1, 0.15) is 0 Å². The van der Waals surface area contributed by atoms with Crippen molar-refractivity contribution in [2.75, 3.05) is 45.7 Å². The van der Waals surface area contributed by atoms with E-state index in [0.717, 1.165) is 18.5 Å². The highest BCUT2D eigenvalue weighted by atomic mass is 32.2. The van der Waals surface area contributed by atoms with Gasteiger partial charge in [0, 0.05) is 47.7 Å². The lowest BCUT2D eigenvalue weighted by molar-refractivity contribution is 0.0895. The number of piperidine rings is 1. The Morgan fingerprint density at radius 1 is 0.974 bits per heavy atom. The Balaban J connectivity index is 1.42. The van der Waals surface area contributed by atoms with Crippen LogP contribution in [0.1, 0.15) is 35.2 Å². The molecule has 1 saturated heterocycles. The highest BCUT2D eigenvalue weighted by molar-refractivity contribution is 7.89. The molecule has 1 aliphatic heterocycles. The van der Waals surface area contributed by atoms with Crippen LogP contribution in [0.25, 0.3) is 10.8 Å². The molecular formula is C29H36N4O5S. The number of likely N-dealkylation sites (tertiary alicyclic amines) is 1. The van der Waals surface area contributed by atoms with E-state index >= 15 is 0 Å². The van der Waals surface area contributed by atoms with E-state index in [-0.39, 0.29) is 22.9 Å². The van der Waals surface area contributed by atoms with Crippen LogP contribution in [-0.4, -0.2) is 76.6 Å². The molecule has 0 radical (unpaired) electrons. The van der Waals surface area contributed by atoms with Crippen LogP contribution in [-0.2, 0) is 14.8 Å². The predicted molar refractivity (Wildman–Crippen MR) is 153 cm³/mol. The second-order valence-electron chi connectivity index (χ2n) is 10.1. The summed E-state index contributed by atoms with van der Waals surface area (Å²) < 4.78 is 35.1. The largest absolute Gasteiger partial charge is 0.449 e. The number of rotatable bonds is 9. The summed E-state index contributed by atoms with van der Waals surface area (Å²) in [5.41, 5.74) is 1.95. The molecule has 2 N–H and O–H groups in total. The van der Waals surface area contributed by atoms with Crippen molar-refractivity contribution in [1.29, 1.82) is 0 Å². The Morgan fingerprint density at radius 2 is 1.64 bits per heavy atom. The van der Waals surface area contributed by atoms with Gasteiger partial charge in [0.15, 0.2) is 0 Å². The summed E-state index contributed by atoms with van der Waals surface area (Å²) in [7, 11) is 0.0793. The topological polar surface area (TPSA) is 108 Å². The number of carbonyl (C=O) groups excluding carboxylic acids is 2. The summed E-state index contributed by atoms with van der Waals surface area (Å²) in [5, 5.41) is 4.09. The van der Waals surface area contributed by atoms with Gasteiger partial charge in [-0.2, -0.15) is 0 Å². The van der Waals surface area contributed by atoms with Crippen molar-refractivity contribution < 1.29 is 22.7 Å². The van der Waals surface area contributed by atoms with Crippen molar-refractivity contribution in [3.8, 4) is 0 Å². The van der Waals surface area contributed by atoms with E-state index in [0.29, 0.717) is 54.6 Å². The summed E-state index contributed by atoms with van der Waals surface area (Å²) in [4.78, 5) is 29.1. The van der Waals surface area contributed by atoms with E-state index in [1.54, 1.807) is 41.3 Å². The first-order valence-corrected chi connectivity index (χ1v) is 14.6. The lowest BCUT2D eigenvalue weighted by Gasteiger charge is -2.31. The van der Waals surface area contributed by atoms with Crippen molar-refractivity contribution in [3.05, 3.63) is 71.8 Å². The van der Waals surface area contributed by atoms with Crippen LogP contribution in [0.2, 0.25) is 0 Å². The van der Waals surface area contributed by atoms with Gasteiger partial charge in [0.2, 0.25) is 10.0 Å². The molecule has 3 aromatic carbocycles. The van der Waals surface area contributed by atoms with Gasteiger partial charge in [-0.15, -0.1) is 0 Å². The van der Waals surface area contributed by atoms with Gasteiger partial charge in [0.05, 0.1) is 11.5 Å². The average molecular weight is 553 g/mol. The van der Waals surface area contributed by atoms with Gasteiger partial charge >= 0.3 is 6.09 Å². The summed E-state index contributed by atoms with van der Waals surface area (Å²) in [6.45, 7) is 3.91. The van der Waals surface area contributed by atoms with Crippen molar-refractivity contribution in [2.24, 2.45) is 0 Å². The Bertz CT molecular complexity index is 1430. The zero-order valence-corrected chi connectivity index (χ0v) is 23.5. The van der Waals surface area contributed by atoms with Gasteiger partial charge in [-0.1, -0.05) is 42.5 Å². The van der Waals surface area contributed by atoms with Crippen molar-refractivity contribution in [1.82, 2.24) is 14.5 Å². The van der Waals surface area contributed by atoms with E-state index in [1.165, 1.54) is 6.07 Å². The predicted octanol–water partition coefficient (Wildman–Crippen LogP) is 4.23. The first-order valence-electron chi connectivity index (χ1n) is 13.1. The molecule has 2 amide bonds. The van der Waals surface area contributed by atoms with E-state index < -0.39 is 10.0 Å². The Kier molecular flexibility index (Phi) is 9.21. The normalized spacial score (nSPS) is 14.5. The molecule has 3 aromatic rings. The Morgan fingerprint density at radius 3 is 2.33 bits per heavy atom. The van der Waals surface area contributed by atoms with Gasteiger partial charge in [-0.05, 0) is 64.0 Å². The number of benzene rings is 3. The van der Waals surface area contributed by atoms with Gasteiger partial charge in [-0.3, -0.25) is 4.79 Å². The van der Waals surface area contributed by atoms with Crippen LogP contribution in [0.5, 0.6) is 0 Å². The Labute approximate surface area is 230 Å². The quantitative estimate of drug-likeness (QED) is 0.385. The zero-order chi connectivity index (χ0) is 28.0. The molecule has 39 heavy (non-hydrogen) atoms. The molecule has 0 aromatic heterocycles. The zero-order valence-electron chi connectivity index (χ0n) is 22.6. The number of hydrogen-bond donors (Lipinski definition) is 2. The summed E-state index contributed by atoms with van der Waals surface area (Å²) in [6, 6.07) is 17.3. The molecule has 0 atom stereocenters. The molecule has 10 heteroatoms. The monoisotopic (exact) mass is 552 g/mol. The summed E-state index contributed by atoms with van der Waals surface area (Å²) in [5.74, 6) is -0.255. The Hall–Kier alpha value is -3.47. The third-order valence-electron chi connectivity index (χ3n) is 6.86. The second-order valence-corrected chi connectivity index (χ2v) is 11.8. The number of fused-ring (bicyclic) bond motifs is 1. The minimum atomic E-state index is -3.86. The molecule has 9 nitrogen and oxygen atoms in total. The van der Waals surface area contributed by atoms with Crippen LogP contribution in [0.4, 0.5) is 10.5 Å².